The van der Waals surface area contributed by atoms with Gasteiger partial charge in [0.2, 0.25) is 16.9 Å². The number of benzene rings is 2. The van der Waals surface area contributed by atoms with Crippen LogP contribution >= 0.6 is 35.0 Å². The first-order chi connectivity index (χ1) is 15.4. The van der Waals surface area contributed by atoms with Crippen LogP contribution < -0.4 is 15.9 Å². The smallest absolute Gasteiger partial charge is 0.234 e. The van der Waals surface area contributed by atoms with E-state index in [9.17, 15) is 4.79 Å². The highest BCUT2D eigenvalue weighted by atomic mass is 35.5. The molecule has 0 radical (unpaired) electrons. The molecule has 32 heavy (non-hydrogen) atoms. The Labute approximate surface area is 197 Å². The van der Waals surface area contributed by atoms with Crippen molar-refractivity contribution in [3.05, 3.63) is 58.6 Å². The number of rotatable bonds is 7. The Morgan fingerprint density at radius 2 is 1.97 bits per heavy atom. The third-order valence-corrected chi connectivity index (χ3v) is 5.90. The number of aromatic nitrogens is 5. The molecule has 0 unspecified atom stereocenters. The minimum Gasteiger partial charge on any atom is -0.497 e. The standard InChI is InChI=1S/C20H17Cl2N7O2S/c1-31-13-5-2-11(3-6-13)16-9-17(26-25-16)19-27-28-20(29(19)23)32-10-18(30)24-15-7-4-12(21)8-14(15)22/h2-9H,10,23H2,1H3,(H,24,30)(H,25,26). The van der Waals surface area contributed by atoms with E-state index in [1.165, 1.54) is 4.68 Å². The quantitative estimate of drug-likeness (QED) is 0.263. The Balaban J connectivity index is 1.42. The van der Waals surface area contributed by atoms with Crippen molar-refractivity contribution >= 4 is 46.6 Å². The number of nitrogens with zero attached hydrogens (tertiary/aromatic N) is 4. The second-order valence-corrected chi connectivity index (χ2v) is 8.32. The molecule has 4 rings (SSSR count). The van der Waals surface area contributed by atoms with Crippen LogP contribution in [-0.4, -0.2) is 43.8 Å². The number of nitrogen functional groups attached to an aromatic ring is 1. The third kappa shape index (κ3) is 4.82. The fourth-order valence-corrected chi connectivity index (χ4v) is 3.92. The van der Waals surface area contributed by atoms with Gasteiger partial charge in [-0.25, -0.2) is 4.68 Å². The summed E-state index contributed by atoms with van der Waals surface area (Å²) in [5, 5.41) is 19.3. The zero-order valence-corrected chi connectivity index (χ0v) is 19.0. The van der Waals surface area contributed by atoms with Crippen LogP contribution in [0.15, 0.2) is 53.7 Å². The van der Waals surface area contributed by atoms with Crippen molar-refractivity contribution < 1.29 is 9.53 Å². The average Bonchev–Trinajstić information content (AvgIpc) is 3.41. The Kier molecular flexibility index (Phi) is 6.54. The monoisotopic (exact) mass is 489 g/mol. The SMILES string of the molecule is COc1ccc(-c2cc(-c3nnc(SCC(=O)Nc4ccc(Cl)cc4Cl)n3N)[nH]n2)cc1. The Morgan fingerprint density at radius 1 is 1.19 bits per heavy atom. The van der Waals surface area contributed by atoms with Crippen molar-refractivity contribution in [3.8, 4) is 28.5 Å². The zero-order chi connectivity index (χ0) is 22.7. The number of nitrogens with two attached hydrogens (primary N) is 1. The van der Waals surface area contributed by atoms with E-state index in [-0.39, 0.29) is 11.7 Å². The number of halogens is 2. The molecule has 1 amide bonds. The number of carbonyl (C=O) groups excluding carboxylic acids is 1. The van der Waals surface area contributed by atoms with Gasteiger partial charge in [0.25, 0.3) is 0 Å². The molecule has 0 aliphatic heterocycles. The van der Waals surface area contributed by atoms with E-state index in [4.69, 9.17) is 33.8 Å². The highest BCUT2D eigenvalue weighted by Crippen LogP contribution is 2.27. The van der Waals surface area contributed by atoms with Gasteiger partial charge in [0.15, 0.2) is 0 Å². The summed E-state index contributed by atoms with van der Waals surface area (Å²) in [5.41, 5.74) is 2.69. The lowest BCUT2D eigenvalue weighted by molar-refractivity contribution is -0.113. The van der Waals surface area contributed by atoms with Crippen molar-refractivity contribution in [1.29, 1.82) is 0 Å². The molecule has 9 nitrogen and oxygen atoms in total. The van der Waals surface area contributed by atoms with Crippen LogP contribution in [0.1, 0.15) is 0 Å². The maximum atomic E-state index is 12.3. The molecular weight excluding hydrogens is 473 g/mol. The van der Waals surface area contributed by atoms with Gasteiger partial charge in [0, 0.05) is 10.6 Å². The first-order valence-corrected chi connectivity index (χ1v) is 11.0. The summed E-state index contributed by atoms with van der Waals surface area (Å²) in [6, 6.07) is 14.2. The number of nitrogens with one attached hydrogen (secondary N) is 2. The lowest BCUT2D eigenvalue weighted by atomic mass is 10.1. The molecule has 0 aliphatic rings. The van der Waals surface area contributed by atoms with Crippen LogP contribution in [0.25, 0.3) is 22.8 Å². The minimum atomic E-state index is -0.271. The summed E-state index contributed by atoms with van der Waals surface area (Å²) >= 11 is 13.1. The van der Waals surface area contributed by atoms with E-state index in [2.05, 4.69) is 25.7 Å². The van der Waals surface area contributed by atoms with Gasteiger partial charge in [-0.2, -0.15) is 5.10 Å². The maximum Gasteiger partial charge on any atom is 0.234 e. The molecule has 2 heterocycles. The number of H-pyrrole nitrogens is 1. The van der Waals surface area contributed by atoms with Crippen LogP contribution in [-0.2, 0) is 4.79 Å². The van der Waals surface area contributed by atoms with E-state index in [1.54, 1.807) is 25.3 Å². The van der Waals surface area contributed by atoms with Crippen molar-refractivity contribution in [2.45, 2.75) is 5.16 Å². The van der Waals surface area contributed by atoms with E-state index >= 15 is 0 Å². The van der Waals surface area contributed by atoms with Crippen LogP contribution in [0.4, 0.5) is 5.69 Å². The Bertz CT molecular complexity index is 1260. The van der Waals surface area contributed by atoms with E-state index in [0.717, 1.165) is 28.8 Å². The lowest BCUT2D eigenvalue weighted by Gasteiger charge is -2.07. The number of hydrogen-bond donors (Lipinski definition) is 3. The number of aromatic amines is 1. The second kappa shape index (κ2) is 9.51. The van der Waals surface area contributed by atoms with Crippen molar-refractivity contribution in [2.75, 3.05) is 24.0 Å². The number of methoxy groups -OCH3 is 1. The highest BCUT2D eigenvalue weighted by Gasteiger charge is 2.17. The predicted molar refractivity (Wildman–Crippen MR) is 126 cm³/mol. The summed E-state index contributed by atoms with van der Waals surface area (Å²) in [6.45, 7) is 0. The number of hydrogen-bond acceptors (Lipinski definition) is 7. The van der Waals surface area contributed by atoms with E-state index in [0.29, 0.717) is 32.4 Å². The fourth-order valence-electron chi connectivity index (χ4n) is 2.81. The summed E-state index contributed by atoms with van der Waals surface area (Å²) in [4.78, 5) is 12.3. The summed E-state index contributed by atoms with van der Waals surface area (Å²) in [5.74, 6) is 7.08. The number of carbonyl (C=O) groups is 1. The van der Waals surface area contributed by atoms with Crippen LogP contribution in [0.2, 0.25) is 10.0 Å². The van der Waals surface area contributed by atoms with Gasteiger partial charge in [-0.05, 0) is 48.5 Å². The third-order valence-electron chi connectivity index (χ3n) is 4.41. The van der Waals surface area contributed by atoms with Crippen LogP contribution in [0, 0.1) is 0 Å². The minimum absolute atomic E-state index is 0.0639. The lowest BCUT2D eigenvalue weighted by Crippen LogP contribution is -2.16. The maximum absolute atomic E-state index is 12.3. The number of amides is 1. The predicted octanol–water partition coefficient (Wildman–Crippen LogP) is 4.10. The highest BCUT2D eigenvalue weighted by molar-refractivity contribution is 7.99. The van der Waals surface area contributed by atoms with Gasteiger partial charge < -0.3 is 15.9 Å². The molecule has 0 saturated carbocycles. The molecule has 0 aliphatic carbocycles. The molecule has 0 spiro atoms. The van der Waals surface area contributed by atoms with Crippen LogP contribution in [0.3, 0.4) is 0 Å². The molecular formula is C20H17Cl2N7O2S. The number of anilines is 1. The Hall–Kier alpha value is -3.21. The first kappa shape index (κ1) is 22.0. The molecule has 0 saturated heterocycles. The normalized spacial score (nSPS) is 10.8. The first-order valence-electron chi connectivity index (χ1n) is 9.23. The van der Waals surface area contributed by atoms with Crippen LogP contribution in [0.5, 0.6) is 5.75 Å². The fraction of sp³-hybridized carbons (Fsp3) is 0.100. The van der Waals surface area contributed by atoms with Gasteiger partial charge >= 0.3 is 0 Å². The summed E-state index contributed by atoms with van der Waals surface area (Å²) in [7, 11) is 1.61. The van der Waals surface area contributed by atoms with Gasteiger partial charge in [0.1, 0.15) is 11.4 Å². The van der Waals surface area contributed by atoms with Crippen molar-refractivity contribution in [1.82, 2.24) is 25.1 Å². The molecule has 0 atom stereocenters. The second-order valence-electron chi connectivity index (χ2n) is 6.53. The van der Waals surface area contributed by atoms with E-state index < -0.39 is 0 Å². The molecule has 0 fully saturated rings. The molecule has 4 aromatic rings. The molecule has 164 valence electrons. The number of thioether (sulfide) groups is 1. The Morgan fingerprint density at radius 3 is 2.69 bits per heavy atom. The average molecular weight is 490 g/mol. The molecule has 0 bridgehead atoms. The van der Waals surface area contributed by atoms with E-state index in [1.807, 2.05) is 30.3 Å². The molecule has 12 heteroatoms. The molecule has 2 aromatic carbocycles. The number of ether oxygens (including phenoxy) is 1. The summed E-state index contributed by atoms with van der Waals surface area (Å²) in [6.07, 6.45) is 0. The zero-order valence-electron chi connectivity index (χ0n) is 16.7. The summed E-state index contributed by atoms with van der Waals surface area (Å²) < 4.78 is 6.48. The van der Waals surface area contributed by atoms with Gasteiger partial charge in [0.05, 0.1) is 29.3 Å². The largest absolute Gasteiger partial charge is 0.497 e. The topological polar surface area (TPSA) is 124 Å². The van der Waals surface area contributed by atoms with Gasteiger partial charge in [-0.15, -0.1) is 10.2 Å². The molecule has 2 aromatic heterocycles. The van der Waals surface area contributed by atoms with Crippen molar-refractivity contribution in [3.63, 3.8) is 0 Å². The van der Waals surface area contributed by atoms with Gasteiger partial charge in [-0.1, -0.05) is 35.0 Å². The molecule has 4 N–H and O–H groups in total. The van der Waals surface area contributed by atoms with Crippen molar-refractivity contribution in [2.24, 2.45) is 0 Å². The van der Waals surface area contributed by atoms with Gasteiger partial charge in [-0.3, -0.25) is 9.89 Å².